The van der Waals surface area contributed by atoms with Crippen LogP contribution in [0.25, 0.3) is 0 Å². The Morgan fingerprint density at radius 3 is 2.43 bits per heavy atom. The van der Waals surface area contributed by atoms with Crippen molar-refractivity contribution >= 4 is 0 Å². The van der Waals surface area contributed by atoms with Gasteiger partial charge in [-0.05, 0) is 18.9 Å². The van der Waals surface area contributed by atoms with Gasteiger partial charge >= 0.3 is 6.36 Å². The average molecular weight is 303 g/mol. The Morgan fingerprint density at radius 2 is 1.81 bits per heavy atom. The molecule has 118 valence electrons. The van der Waals surface area contributed by atoms with Gasteiger partial charge in [0.05, 0.1) is 6.61 Å². The number of nitrogens with one attached hydrogen (secondary N) is 1. The lowest BCUT2D eigenvalue weighted by Gasteiger charge is -2.37. The quantitative estimate of drug-likeness (QED) is 0.876. The molecule has 1 saturated carbocycles. The summed E-state index contributed by atoms with van der Waals surface area (Å²) >= 11 is 0. The third-order valence-electron chi connectivity index (χ3n) is 3.97. The second kappa shape index (κ2) is 6.66. The largest absolute Gasteiger partial charge is 0.573 e. The number of halogens is 3. The third kappa shape index (κ3) is 4.61. The van der Waals surface area contributed by atoms with Crippen molar-refractivity contribution in [3.63, 3.8) is 0 Å². The molecule has 2 rings (SSSR count). The van der Waals surface area contributed by atoms with Crippen LogP contribution >= 0.6 is 0 Å². The number of rotatable bonds is 5. The highest BCUT2D eigenvalue weighted by Gasteiger charge is 2.33. The van der Waals surface area contributed by atoms with Crippen LogP contribution in [0, 0.1) is 0 Å². The molecule has 1 aliphatic carbocycles. The van der Waals surface area contributed by atoms with E-state index < -0.39 is 6.36 Å². The van der Waals surface area contributed by atoms with Crippen molar-refractivity contribution in [2.45, 2.75) is 50.6 Å². The Morgan fingerprint density at radius 1 is 1.14 bits per heavy atom. The van der Waals surface area contributed by atoms with Crippen LogP contribution in [0.3, 0.4) is 0 Å². The van der Waals surface area contributed by atoms with Gasteiger partial charge in [-0.1, -0.05) is 37.5 Å². The number of para-hydroxylation sites is 1. The molecule has 0 heterocycles. The van der Waals surface area contributed by atoms with Gasteiger partial charge in [0.1, 0.15) is 5.75 Å². The topological polar surface area (TPSA) is 41.5 Å². The molecule has 0 bridgehead atoms. The molecule has 0 unspecified atom stereocenters. The van der Waals surface area contributed by atoms with E-state index in [4.69, 9.17) is 0 Å². The Labute approximate surface area is 122 Å². The molecule has 1 aromatic carbocycles. The summed E-state index contributed by atoms with van der Waals surface area (Å²) < 4.78 is 41.2. The molecule has 0 aliphatic heterocycles. The van der Waals surface area contributed by atoms with Crippen molar-refractivity contribution in [3.8, 4) is 5.75 Å². The van der Waals surface area contributed by atoms with Gasteiger partial charge < -0.3 is 15.2 Å². The van der Waals surface area contributed by atoms with E-state index in [1.54, 1.807) is 12.1 Å². The van der Waals surface area contributed by atoms with E-state index in [1.165, 1.54) is 12.1 Å². The van der Waals surface area contributed by atoms with Crippen molar-refractivity contribution < 1.29 is 23.0 Å². The first-order chi connectivity index (χ1) is 9.94. The molecular weight excluding hydrogens is 283 g/mol. The van der Waals surface area contributed by atoms with Gasteiger partial charge in [0, 0.05) is 17.6 Å². The molecule has 1 fully saturated rings. The average Bonchev–Trinajstić information content (AvgIpc) is 2.46. The number of aliphatic hydroxyl groups excluding tert-OH is 1. The molecule has 0 atom stereocenters. The molecule has 0 radical (unpaired) electrons. The third-order valence-corrected chi connectivity index (χ3v) is 3.97. The summed E-state index contributed by atoms with van der Waals surface area (Å²) in [5, 5.41) is 12.8. The summed E-state index contributed by atoms with van der Waals surface area (Å²) in [5.41, 5.74) is 0.0528. The first-order valence-electron chi connectivity index (χ1n) is 7.14. The summed E-state index contributed by atoms with van der Waals surface area (Å²) in [6.07, 6.45) is 0.160. The summed E-state index contributed by atoms with van der Waals surface area (Å²) in [6, 6.07) is 6.08. The number of benzene rings is 1. The van der Waals surface area contributed by atoms with Crippen LogP contribution in [-0.2, 0) is 6.54 Å². The summed E-state index contributed by atoms with van der Waals surface area (Å²) in [6.45, 7) is 0.238. The normalized spacial score (nSPS) is 18.5. The molecule has 1 aromatic rings. The Balaban J connectivity index is 2.05. The van der Waals surface area contributed by atoms with Crippen molar-refractivity contribution in [1.29, 1.82) is 0 Å². The van der Waals surface area contributed by atoms with E-state index in [1.807, 2.05) is 0 Å². The van der Waals surface area contributed by atoms with Crippen molar-refractivity contribution in [1.82, 2.24) is 5.32 Å². The number of alkyl halides is 3. The van der Waals surface area contributed by atoms with Gasteiger partial charge in [-0.2, -0.15) is 0 Å². The minimum absolute atomic E-state index is 0.00467. The zero-order valence-electron chi connectivity index (χ0n) is 11.7. The molecule has 1 aliphatic rings. The fourth-order valence-corrected chi connectivity index (χ4v) is 2.78. The van der Waals surface area contributed by atoms with Crippen LogP contribution < -0.4 is 10.1 Å². The fraction of sp³-hybridized carbons (Fsp3) is 0.600. The van der Waals surface area contributed by atoms with Gasteiger partial charge in [-0.15, -0.1) is 13.2 Å². The molecule has 0 saturated heterocycles. The van der Waals surface area contributed by atoms with Gasteiger partial charge in [-0.25, -0.2) is 0 Å². The van der Waals surface area contributed by atoms with Crippen molar-refractivity contribution in [3.05, 3.63) is 29.8 Å². The van der Waals surface area contributed by atoms with Crippen LogP contribution in [0.2, 0.25) is 0 Å². The predicted molar refractivity (Wildman–Crippen MR) is 72.9 cm³/mol. The molecule has 0 spiro atoms. The highest BCUT2D eigenvalue weighted by molar-refractivity contribution is 5.33. The van der Waals surface area contributed by atoms with E-state index >= 15 is 0 Å². The summed E-state index contributed by atoms with van der Waals surface area (Å²) in [4.78, 5) is 0. The predicted octanol–water partition coefficient (Wildman–Crippen LogP) is 3.37. The second-order valence-corrected chi connectivity index (χ2v) is 5.51. The first kappa shape index (κ1) is 16.1. The number of hydrogen-bond acceptors (Lipinski definition) is 3. The van der Waals surface area contributed by atoms with E-state index in [0.29, 0.717) is 5.56 Å². The van der Waals surface area contributed by atoms with Crippen LogP contribution in [0.15, 0.2) is 24.3 Å². The maximum absolute atomic E-state index is 12.4. The molecule has 3 nitrogen and oxygen atoms in total. The van der Waals surface area contributed by atoms with Crippen LogP contribution in [0.1, 0.15) is 37.7 Å². The Hall–Kier alpha value is -1.27. The molecule has 2 N–H and O–H groups in total. The van der Waals surface area contributed by atoms with Gasteiger partial charge in [0.2, 0.25) is 0 Å². The zero-order chi connectivity index (χ0) is 15.3. The second-order valence-electron chi connectivity index (χ2n) is 5.51. The summed E-state index contributed by atoms with van der Waals surface area (Å²) in [7, 11) is 0. The lowest BCUT2D eigenvalue weighted by atomic mass is 9.82. The maximum atomic E-state index is 12.4. The number of ether oxygens (including phenoxy) is 1. The zero-order valence-corrected chi connectivity index (χ0v) is 11.7. The SMILES string of the molecule is OCC1(NCc2ccccc2OC(F)(F)F)CCCCC1. The smallest absolute Gasteiger partial charge is 0.405 e. The number of hydrogen-bond donors (Lipinski definition) is 2. The lowest BCUT2D eigenvalue weighted by molar-refractivity contribution is -0.274. The molecule has 21 heavy (non-hydrogen) atoms. The molecule has 0 aromatic heterocycles. The molecule has 6 heteroatoms. The highest BCUT2D eigenvalue weighted by Crippen LogP contribution is 2.30. The summed E-state index contributed by atoms with van der Waals surface area (Å²) in [5.74, 6) is -0.193. The lowest BCUT2D eigenvalue weighted by Crippen LogP contribution is -2.49. The Bertz CT molecular complexity index is 456. The van der Waals surface area contributed by atoms with E-state index in [0.717, 1.165) is 32.1 Å². The monoisotopic (exact) mass is 303 g/mol. The fourth-order valence-electron chi connectivity index (χ4n) is 2.78. The first-order valence-corrected chi connectivity index (χ1v) is 7.14. The standard InChI is InChI=1S/C15H20F3NO2/c16-15(17,18)21-13-7-3-2-6-12(13)10-19-14(11-20)8-4-1-5-9-14/h2-3,6-7,19-20H,1,4-5,8-11H2. The van der Waals surface area contributed by atoms with E-state index in [9.17, 15) is 18.3 Å². The maximum Gasteiger partial charge on any atom is 0.573 e. The van der Waals surface area contributed by atoms with Crippen LogP contribution in [0.5, 0.6) is 5.75 Å². The van der Waals surface area contributed by atoms with Crippen molar-refractivity contribution in [2.24, 2.45) is 0 Å². The highest BCUT2D eigenvalue weighted by atomic mass is 19.4. The molecular formula is C15H20F3NO2. The van der Waals surface area contributed by atoms with Gasteiger partial charge in [0.15, 0.2) is 0 Å². The molecule has 0 amide bonds. The van der Waals surface area contributed by atoms with Gasteiger partial charge in [-0.3, -0.25) is 0 Å². The van der Waals surface area contributed by atoms with Gasteiger partial charge in [0.25, 0.3) is 0 Å². The number of aliphatic hydroxyl groups is 1. The van der Waals surface area contributed by atoms with E-state index in [-0.39, 0.29) is 24.4 Å². The van der Waals surface area contributed by atoms with Crippen LogP contribution in [0.4, 0.5) is 13.2 Å². The van der Waals surface area contributed by atoms with Crippen molar-refractivity contribution in [2.75, 3.05) is 6.61 Å². The minimum Gasteiger partial charge on any atom is -0.405 e. The minimum atomic E-state index is -4.70. The van der Waals surface area contributed by atoms with Crippen LogP contribution in [-0.4, -0.2) is 23.6 Å². The Kier molecular flexibility index (Phi) is 5.11. The van der Waals surface area contributed by atoms with E-state index in [2.05, 4.69) is 10.1 Å².